The highest BCUT2D eigenvalue weighted by Gasteiger charge is 2.26. The zero-order valence-corrected chi connectivity index (χ0v) is 18.6. The summed E-state index contributed by atoms with van der Waals surface area (Å²) in [6, 6.07) is 7.54. The predicted octanol–water partition coefficient (Wildman–Crippen LogP) is 2.71. The van der Waals surface area contributed by atoms with Crippen LogP contribution in [0.25, 0.3) is 11.0 Å². The summed E-state index contributed by atoms with van der Waals surface area (Å²) < 4.78 is 11.0. The number of fused-ring (bicyclic) bond motifs is 1. The molecule has 0 saturated carbocycles. The van der Waals surface area contributed by atoms with Crippen molar-refractivity contribution < 1.29 is 13.9 Å². The van der Waals surface area contributed by atoms with E-state index in [1.165, 1.54) is 6.42 Å². The molecule has 1 atom stereocenters. The molecule has 0 spiro atoms. The Labute approximate surface area is 183 Å². The molecule has 4 rings (SSSR count). The summed E-state index contributed by atoms with van der Waals surface area (Å²) in [5.41, 5.74) is 1.22. The van der Waals surface area contributed by atoms with Gasteiger partial charge in [-0.25, -0.2) is 4.79 Å². The molecule has 1 aromatic carbocycles. The second-order valence-electron chi connectivity index (χ2n) is 8.67. The van der Waals surface area contributed by atoms with Crippen molar-refractivity contribution in [2.24, 2.45) is 0 Å². The van der Waals surface area contributed by atoms with Crippen molar-refractivity contribution in [2.45, 2.75) is 45.7 Å². The number of nitrogens with zero attached hydrogens (tertiary/aromatic N) is 3. The molecular weight excluding hydrogens is 394 g/mol. The van der Waals surface area contributed by atoms with Crippen molar-refractivity contribution in [3.05, 3.63) is 40.2 Å². The third kappa shape index (κ3) is 5.28. The van der Waals surface area contributed by atoms with Gasteiger partial charge in [0.25, 0.3) is 0 Å². The van der Waals surface area contributed by atoms with Gasteiger partial charge in [-0.15, -0.1) is 0 Å². The minimum absolute atomic E-state index is 0.260. The molecule has 1 amide bonds. The number of piperidine rings is 1. The van der Waals surface area contributed by atoms with Crippen LogP contribution >= 0.6 is 0 Å². The summed E-state index contributed by atoms with van der Waals surface area (Å²) in [5.74, 6) is 1.04. The lowest BCUT2D eigenvalue weighted by molar-refractivity contribution is -0.136. The number of hydrogen-bond acceptors (Lipinski definition) is 6. The Bertz CT molecular complexity index is 965. The van der Waals surface area contributed by atoms with Crippen LogP contribution in [0.4, 0.5) is 0 Å². The molecule has 7 nitrogen and oxygen atoms in total. The topological polar surface area (TPSA) is 66.2 Å². The van der Waals surface area contributed by atoms with E-state index in [4.69, 9.17) is 9.15 Å². The van der Waals surface area contributed by atoms with E-state index < -0.39 is 0 Å². The minimum atomic E-state index is -0.327. The van der Waals surface area contributed by atoms with Gasteiger partial charge in [0, 0.05) is 56.8 Å². The number of ether oxygens (including phenoxy) is 1. The van der Waals surface area contributed by atoms with Crippen LogP contribution in [0.3, 0.4) is 0 Å². The quantitative estimate of drug-likeness (QED) is 0.661. The molecule has 2 aliphatic rings. The number of carbonyl (C=O) groups is 1. The van der Waals surface area contributed by atoms with Crippen LogP contribution in [0.2, 0.25) is 0 Å². The van der Waals surface area contributed by atoms with Crippen LogP contribution < -0.4 is 10.4 Å². The molecule has 1 unspecified atom stereocenters. The van der Waals surface area contributed by atoms with E-state index in [0.29, 0.717) is 31.3 Å². The molecule has 1 aromatic heterocycles. The minimum Gasteiger partial charge on any atom is -0.494 e. The first-order valence-electron chi connectivity index (χ1n) is 11.5. The summed E-state index contributed by atoms with van der Waals surface area (Å²) in [7, 11) is 0. The maximum Gasteiger partial charge on any atom is 0.336 e. The van der Waals surface area contributed by atoms with Crippen LogP contribution in [0.1, 0.15) is 38.7 Å². The fourth-order valence-electron chi connectivity index (χ4n) is 4.69. The Morgan fingerprint density at radius 1 is 1.10 bits per heavy atom. The standard InChI is InChI=1S/C24H33N3O4/c1-3-30-20-7-8-22-21(15-20)19(14-24(29)31-22)16-25-10-12-26(13-11-25)17-23(28)27-9-5-4-6-18(27)2/h7-8,14-15,18H,3-6,9-13,16-17H2,1-2H3. The first kappa shape index (κ1) is 21.8. The summed E-state index contributed by atoms with van der Waals surface area (Å²) in [5, 5.41) is 0.919. The number of carbonyl (C=O) groups excluding carboxylic acids is 1. The third-order valence-corrected chi connectivity index (χ3v) is 6.45. The van der Waals surface area contributed by atoms with Crippen molar-refractivity contribution in [1.29, 1.82) is 0 Å². The van der Waals surface area contributed by atoms with Gasteiger partial charge in [-0.3, -0.25) is 14.6 Å². The van der Waals surface area contributed by atoms with E-state index in [2.05, 4.69) is 21.6 Å². The van der Waals surface area contributed by atoms with Gasteiger partial charge in [0.2, 0.25) is 5.91 Å². The number of piperazine rings is 1. The Morgan fingerprint density at radius 2 is 1.87 bits per heavy atom. The zero-order chi connectivity index (χ0) is 21.8. The summed E-state index contributed by atoms with van der Waals surface area (Å²) >= 11 is 0. The molecular formula is C24H33N3O4. The molecule has 0 aliphatic carbocycles. The van der Waals surface area contributed by atoms with Gasteiger partial charge < -0.3 is 14.1 Å². The third-order valence-electron chi connectivity index (χ3n) is 6.45. The van der Waals surface area contributed by atoms with Crippen molar-refractivity contribution >= 4 is 16.9 Å². The lowest BCUT2D eigenvalue weighted by Gasteiger charge is -2.38. The number of amides is 1. The average molecular weight is 428 g/mol. The Balaban J connectivity index is 1.37. The number of likely N-dealkylation sites (tertiary alicyclic amines) is 1. The highest BCUT2D eigenvalue weighted by atomic mass is 16.5. The molecule has 168 valence electrons. The van der Waals surface area contributed by atoms with E-state index in [1.807, 2.05) is 19.1 Å². The highest BCUT2D eigenvalue weighted by Crippen LogP contribution is 2.24. The second kappa shape index (κ2) is 9.83. The largest absolute Gasteiger partial charge is 0.494 e. The predicted molar refractivity (Wildman–Crippen MR) is 120 cm³/mol. The summed E-state index contributed by atoms with van der Waals surface area (Å²) in [6.45, 7) is 10.2. The zero-order valence-electron chi connectivity index (χ0n) is 18.6. The fraction of sp³-hybridized carbons (Fsp3) is 0.583. The Kier molecular flexibility index (Phi) is 6.92. The van der Waals surface area contributed by atoms with Gasteiger partial charge in [-0.2, -0.15) is 0 Å². The van der Waals surface area contributed by atoms with Crippen molar-refractivity contribution in [3.63, 3.8) is 0 Å². The normalized spacial score (nSPS) is 20.8. The van der Waals surface area contributed by atoms with Gasteiger partial charge in [0.1, 0.15) is 11.3 Å². The Hall–Kier alpha value is -2.38. The van der Waals surface area contributed by atoms with Crippen LogP contribution in [-0.2, 0) is 11.3 Å². The van der Waals surface area contributed by atoms with Crippen molar-refractivity contribution in [1.82, 2.24) is 14.7 Å². The van der Waals surface area contributed by atoms with E-state index in [9.17, 15) is 9.59 Å². The van der Waals surface area contributed by atoms with Gasteiger partial charge in [0.15, 0.2) is 0 Å². The van der Waals surface area contributed by atoms with Gasteiger partial charge in [-0.05, 0) is 56.9 Å². The van der Waals surface area contributed by atoms with E-state index in [1.54, 1.807) is 12.1 Å². The van der Waals surface area contributed by atoms with E-state index in [-0.39, 0.29) is 11.5 Å². The molecule has 2 aromatic rings. The van der Waals surface area contributed by atoms with Crippen LogP contribution in [0, 0.1) is 0 Å². The van der Waals surface area contributed by atoms with Gasteiger partial charge in [-0.1, -0.05) is 0 Å². The van der Waals surface area contributed by atoms with Crippen LogP contribution in [0.15, 0.2) is 33.5 Å². The molecule has 2 fully saturated rings. The van der Waals surface area contributed by atoms with Gasteiger partial charge >= 0.3 is 5.63 Å². The molecule has 0 radical (unpaired) electrons. The highest BCUT2D eigenvalue weighted by molar-refractivity contribution is 5.81. The summed E-state index contributed by atoms with van der Waals surface area (Å²) in [4.78, 5) is 31.4. The first-order chi connectivity index (χ1) is 15.0. The van der Waals surface area contributed by atoms with Gasteiger partial charge in [0.05, 0.1) is 13.2 Å². The number of hydrogen-bond donors (Lipinski definition) is 0. The van der Waals surface area contributed by atoms with Crippen LogP contribution in [-0.4, -0.2) is 72.5 Å². The number of rotatable bonds is 6. The first-order valence-corrected chi connectivity index (χ1v) is 11.5. The molecule has 0 N–H and O–H groups in total. The Morgan fingerprint density at radius 3 is 2.61 bits per heavy atom. The SMILES string of the molecule is CCOc1ccc2oc(=O)cc(CN3CCN(CC(=O)N4CCCCC4C)CC3)c2c1. The molecule has 0 bridgehead atoms. The maximum atomic E-state index is 12.7. The summed E-state index contributed by atoms with van der Waals surface area (Å²) in [6.07, 6.45) is 3.46. The van der Waals surface area contributed by atoms with Crippen LogP contribution in [0.5, 0.6) is 5.75 Å². The maximum absolute atomic E-state index is 12.7. The average Bonchev–Trinajstić information content (AvgIpc) is 2.76. The fourth-order valence-corrected chi connectivity index (χ4v) is 4.69. The van der Waals surface area contributed by atoms with E-state index in [0.717, 1.165) is 62.3 Å². The second-order valence-corrected chi connectivity index (χ2v) is 8.67. The molecule has 3 heterocycles. The molecule has 2 aliphatic heterocycles. The lowest BCUT2D eigenvalue weighted by Crippen LogP contribution is -2.51. The molecule has 7 heteroatoms. The van der Waals surface area contributed by atoms with E-state index >= 15 is 0 Å². The molecule has 2 saturated heterocycles. The van der Waals surface area contributed by atoms with Crippen molar-refractivity contribution in [2.75, 3.05) is 45.9 Å². The monoisotopic (exact) mass is 427 g/mol. The number of benzene rings is 1. The molecule has 31 heavy (non-hydrogen) atoms. The van der Waals surface area contributed by atoms with Crippen molar-refractivity contribution in [3.8, 4) is 5.75 Å². The lowest BCUT2D eigenvalue weighted by atomic mass is 10.0. The smallest absolute Gasteiger partial charge is 0.336 e.